The van der Waals surface area contributed by atoms with Crippen molar-refractivity contribution in [3.63, 3.8) is 0 Å². The standard InChI is InChI=1S/C3H8O3.C2H6O3/c1-3(2-4)6-5;3-1-2-5-4/h3-5H,2H2,1H3;3-4H,1-2H2. The molecule has 1 unspecified atom stereocenters. The number of aliphatic hydroxyl groups excluding tert-OH is 2. The molecule has 0 saturated heterocycles. The maximum atomic E-state index is 8.05. The van der Waals surface area contributed by atoms with E-state index >= 15 is 0 Å². The summed E-state index contributed by atoms with van der Waals surface area (Å²) < 4.78 is 0. The Labute approximate surface area is 64.5 Å². The Morgan fingerprint density at radius 2 is 1.82 bits per heavy atom. The van der Waals surface area contributed by atoms with E-state index in [2.05, 4.69) is 9.78 Å². The lowest BCUT2D eigenvalue weighted by Gasteiger charge is -1.97. The molecule has 0 aromatic heterocycles. The third-order valence-electron chi connectivity index (χ3n) is 0.620. The second-order valence-electron chi connectivity index (χ2n) is 1.66. The number of rotatable bonds is 4. The van der Waals surface area contributed by atoms with Crippen LogP contribution in [0.5, 0.6) is 0 Å². The predicted molar refractivity (Wildman–Crippen MR) is 35.9 cm³/mol. The highest BCUT2D eigenvalue weighted by Gasteiger charge is 1.92. The molecule has 6 heteroatoms. The first-order valence-corrected chi connectivity index (χ1v) is 3.01. The zero-order valence-electron chi connectivity index (χ0n) is 6.30. The smallest absolute Gasteiger partial charge is 0.113 e. The van der Waals surface area contributed by atoms with E-state index < -0.39 is 6.10 Å². The van der Waals surface area contributed by atoms with Crippen molar-refractivity contribution in [3.8, 4) is 0 Å². The van der Waals surface area contributed by atoms with Gasteiger partial charge in [0.2, 0.25) is 0 Å². The first kappa shape index (κ1) is 13.4. The molecular weight excluding hydrogens is 156 g/mol. The molecule has 11 heavy (non-hydrogen) atoms. The van der Waals surface area contributed by atoms with Crippen molar-refractivity contribution in [1.82, 2.24) is 0 Å². The molecule has 0 aliphatic heterocycles. The van der Waals surface area contributed by atoms with E-state index in [1.54, 1.807) is 6.92 Å². The summed E-state index contributed by atoms with van der Waals surface area (Å²) in [4.78, 5) is 7.09. The third kappa shape index (κ3) is 17.7. The molecule has 0 fully saturated rings. The van der Waals surface area contributed by atoms with Crippen LogP contribution in [0, 0.1) is 0 Å². The molecule has 0 aromatic carbocycles. The van der Waals surface area contributed by atoms with Gasteiger partial charge in [0.15, 0.2) is 0 Å². The fourth-order valence-electron chi connectivity index (χ4n) is 0.0742. The van der Waals surface area contributed by atoms with Crippen LogP contribution in [0.1, 0.15) is 6.92 Å². The normalized spacial score (nSPS) is 11.7. The summed E-state index contributed by atoms with van der Waals surface area (Å²) in [6.07, 6.45) is -0.454. The first-order chi connectivity index (χ1) is 5.22. The molecule has 0 saturated carbocycles. The second kappa shape index (κ2) is 12.4. The van der Waals surface area contributed by atoms with Gasteiger partial charge in [-0.2, -0.15) is 0 Å². The molecule has 0 amide bonds. The van der Waals surface area contributed by atoms with Gasteiger partial charge in [0.1, 0.15) is 12.7 Å². The van der Waals surface area contributed by atoms with Crippen molar-refractivity contribution in [1.29, 1.82) is 0 Å². The molecule has 0 aliphatic carbocycles. The second-order valence-corrected chi connectivity index (χ2v) is 1.66. The summed E-state index contributed by atoms with van der Waals surface area (Å²) in [5.41, 5.74) is 0. The van der Waals surface area contributed by atoms with Crippen molar-refractivity contribution in [2.45, 2.75) is 13.0 Å². The van der Waals surface area contributed by atoms with Crippen LogP contribution in [0.2, 0.25) is 0 Å². The molecule has 0 aromatic rings. The Hall–Kier alpha value is -0.240. The largest absolute Gasteiger partial charge is 0.394 e. The van der Waals surface area contributed by atoms with Crippen LogP contribution in [0.4, 0.5) is 0 Å². The minimum absolute atomic E-state index is 0. The SMILES string of the molecule is CC(CO)OO.OCCOO. The van der Waals surface area contributed by atoms with Gasteiger partial charge in [-0.1, -0.05) is 0 Å². The Bertz CT molecular complexity index is 52.9. The maximum Gasteiger partial charge on any atom is 0.113 e. The molecule has 6 nitrogen and oxygen atoms in total. The molecule has 0 radical (unpaired) electrons. The Morgan fingerprint density at radius 1 is 1.27 bits per heavy atom. The lowest BCUT2D eigenvalue weighted by atomic mass is 10.5. The van der Waals surface area contributed by atoms with Crippen molar-refractivity contribution in [2.75, 3.05) is 19.8 Å². The van der Waals surface area contributed by atoms with Crippen LogP contribution >= 0.6 is 0 Å². The van der Waals surface area contributed by atoms with E-state index in [1.165, 1.54) is 0 Å². The van der Waals surface area contributed by atoms with Crippen molar-refractivity contribution in [3.05, 3.63) is 0 Å². The topological polar surface area (TPSA) is 99.4 Å². The average molecular weight is 170 g/mol. The van der Waals surface area contributed by atoms with E-state index in [1.807, 2.05) is 0 Å². The van der Waals surface area contributed by atoms with Gasteiger partial charge in [-0.05, 0) is 6.92 Å². The van der Waals surface area contributed by atoms with Crippen molar-refractivity contribution < 1.29 is 30.5 Å². The van der Waals surface area contributed by atoms with E-state index in [9.17, 15) is 0 Å². The van der Waals surface area contributed by atoms with Crippen LogP contribution < -0.4 is 0 Å². The summed E-state index contributed by atoms with van der Waals surface area (Å²) in [5, 5.41) is 30.9. The van der Waals surface area contributed by atoms with Gasteiger partial charge in [0.05, 0.1) is 13.2 Å². The number of hydrogen-bond acceptors (Lipinski definition) is 6. The molecule has 0 aliphatic rings. The molecule has 0 heterocycles. The van der Waals surface area contributed by atoms with Gasteiger partial charge in [-0.15, -0.1) is 0 Å². The Balaban J connectivity index is 0. The molecule has 0 spiro atoms. The van der Waals surface area contributed by atoms with Crippen LogP contribution in [0.15, 0.2) is 0 Å². The van der Waals surface area contributed by atoms with Gasteiger partial charge >= 0.3 is 0 Å². The highest BCUT2D eigenvalue weighted by Crippen LogP contribution is 1.79. The van der Waals surface area contributed by atoms with Crippen LogP contribution in [-0.2, 0) is 9.78 Å². The van der Waals surface area contributed by atoms with Gasteiger partial charge in [-0.3, -0.25) is 10.5 Å². The van der Waals surface area contributed by atoms with Gasteiger partial charge in [-0.25, -0.2) is 9.78 Å². The number of aliphatic hydroxyl groups is 2. The summed E-state index contributed by atoms with van der Waals surface area (Å²) in [7, 11) is 0. The highest BCUT2D eigenvalue weighted by atomic mass is 17.1. The fourth-order valence-corrected chi connectivity index (χ4v) is 0.0742. The van der Waals surface area contributed by atoms with Crippen LogP contribution in [-0.4, -0.2) is 46.7 Å². The summed E-state index contributed by atoms with van der Waals surface area (Å²) in [6.45, 7) is 1.28. The number of hydrogen-bond donors (Lipinski definition) is 4. The van der Waals surface area contributed by atoms with Gasteiger partial charge in [0, 0.05) is 0 Å². The fraction of sp³-hybridized carbons (Fsp3) is 1.00. The molecule has 0 bridgehead atoms. The quantitative estimate of drug-likeness (QED) is 0.329. The lowest BCUT2D eigenvalue weighted by Crippen LogP contribution is -2.09. The molecule has 1 atom stereocenters. The molecule has 70 valence electrons. The summed E-state index contributed by atoms with van der Waals surface area (Å²) >= 11 is 0. The lowest BCUT2D eigenvalue weighted by molar-refractivity contribution is -0.279. The zero-order chi connectivity index (χ0) is 9.11. The minimum atomic E-state index is -0.454. The summed E-state index contributed by atoms with van der Waals surface area (Å²) in [6, 6.07) is 0. The van der Waals surface area contributed by atoms with Crippen LogP contribution in [0.3, 0.4) is 0 Å². The Morgan fingerprint density at radius 3 is 1.82 bits per heavy atom. The highest BCUT2D eigenvalue weighted by molar-refractivity contribution is 4.36. The monoisotopic (exact) mass is 170 g/mol. The van der Waals surface area contributed by atoms with Gasteiger partial charge < -0.3 is 10.2 Å². The maximum absolute atomic E-state index is 8.05. The molecular formula is C5H14O6. The average Bonchev–Trinajstić information content (AvgIpc) is 2.06. The van der Waals surface area contributed by atoms with Gasteiger partial charge in [0.25, 0.3) is 0 Å². The molecule has 4 N–H and O–H groups in total. The van der Waals surface area contributed by atoms with E-state index in [4.69, 9.17) is 20.7 Å². The van der Waals surface area contributed by atoms with E-state index in [0.717, 1.165) is 0 Å². The first-order valence-electron chi connectivity index (χ1n) is 3.01. The minimum Gasteiger partial charge on any atom is -0.394 e. The zero-order valence-corrected chi connectivity index (χ0v) is 6.30. The van der Waals surface area contributed by atoms with Crippen molar-refractivity contribution >= 4 is 0 Å². The van der Waals surface area contributed by atoms with E-state index in [0.29, 0.717) is 0 Å². The third-order valence-corrected chi connectivity index (χ3v) is 0.620. The summed E-state index contributed by atoms with van der Waals surface area (Å²) in [5.74, 6) is 0. The predicted octanol–water partition coefficient (Wildman–Crippen LogP) is -0.675. The van der Waals surface area contributed by atoms with E-state index in [-0.39, 0.29) is 19.8 Å². The van der Waals surface area contributed by atoms with Crippen molar-refractivity contribution in [2.24, 2.45) is 0 Å². The Kier molecular flexibility index (Phi) is 15.1. The molecule has 0 rings (SSSR count). The van der Waals surface area contributed by atoms with Crippen LogP contribution in [0.25, 0.3) is 0 Å².